The molecule has 0 aliphatic carbocycles. The number of rotatable bonds is 0. The second-order valence-electron chi connectivity index (χ2n) is 0.885. The molecule has 0 saturated carbocycles. The van der Waals surface area contributed by atoms with E-state index in [1.807, 2.05) is 24.5 Å². The maximum Gasteiger partial charge on any atom is 0.0903 e. The molecule has 0 amide bonds. The van der Waals surface area contributed by atoms with E-state index in [1.54, 1.807) is 0 Å². The van der Waals surface area contributed by atoms with Crippen molar-refractivity contribution in [3.05, 3.63) is 24.5 Å². The van der Waals surface area contributed by atoms with Gasteiger partial charge in [0.25, 0.3) is 0 Å². The summed E-state index contributed by atoms with van der Waals surface area (Å²) in [6.45, 7) is 0. The van der Waals surface area contributed by atoms with Crippen molar-refractivity contribution in [1.82, 2.24) is 11.1 Å². The first-order chi connectivity index (χ1) is 2.50. The van der Waals surface area contributed by atoms with Gasteiger partial charge >= 0.3 is 0 Å². The minimum atomic E-state index is 0. The summed E-state index contributed by atoms with van der Waals surface area (Å²) in [5, 5.41) is 0. The highest BCUT2D eigenvalue weighted by Crippen LogP contribution is 1.72. The average molecular weight is 122 g/mol. The van der Waals surface area contributed by atoms with E-state index in [-0.39, 0.29) is 18.6 Å². The molecule has 0 aliphatic heterocycles. The monoisotopic (exact) mass is 121 g/mol. The Labute approximate surface area is 48.9 Å². The molecule has 0 radical (unpaired) electrons. The van der Waals surface area contributed by atoms with Crippen LogP contribution in [0, 0.1) is 12.4 Å². The Balaban J connectivity index is 0. The van der Waals surface area contributed by atoms with Crippen LogP contribution in [0.1, 0.15) is 0 Å². The third-order valence-corrected chi connectivity index (χ3v) is 0.496. The maximum atomic E-state index is 2.86. The van der Waals surface area contributed by atoms with E-state index >= 15 is 0 Å². The van der Waals surface area contributed by atoms with Crippen LogP contribution in [0.2, 0.25) is 0 Å². The lowest BCUT2D eigenvalue weighted by molar-refractivity contribution is -0.00000155. The van der Waals surface area contributed by atoms with Gasteiger partial charge in [-0.25, -0.2) is 0 Å². The zero-order valence-corrected chi connectivity index (χ0v) is 4.86. The molecular formula is C4H10ClN2+. The van der Waals surface area contributed by atoms with Crippen LogP contribution in [0.5, 0.6) is 0 Å². The van der Waals surface area contributed by atoms with E-state index in [0.29, 0.717) is 0 Å². The summed E-state index contributed by atoms with van der Waals surface area (Å²) in [5.74, 6) is 0. The molecule has 2 nitrogen and oxygen atoms in total. The highest BCUT2D eigenvalue weighted by molar-refractivity contribution is 4.84. The Hall–Kier alpha value is -0.470. The predicted molar refractivity (Wildman–Crippen MR) is 28.6 cm³/mol. The zero-order chi connectivity index (χ0) is 3.54. The largest absolute Gasteiger partial charge is 0.368 e. The molecule has 0 unspecified atom stereocenters. The quantitative estimate of drug-likeness (QED) is 0.520. The SMILES string of the molecule is N.[ClH2+].c1cc[nH]c1. The maximum absolute atomic E-state index is 2.86. The van der Waals surface area contributed by atoms with E-state index < -0.39 is 0 Å². The van der Waals surface area contributed by atoms with Gasteiger partial charge in [-0.05, 0) is 12.1 Å². The summed E-state index contributed by atoms with van der Waals surface area (Å²) in [7, 11) is 0. The zero-order valence-electron chi connectivity index (χ0n) is 3.96. The Morgan fingerprint density at radius 2 is 1.43 bits per heavy atom. The molecule has 3 heteroatoms. The van der Waals surface area contributed by atoms with Crippen molar-refractivity contribution in [1.29, 1.82) is 0 Å². The molecule has 4 N–H and O–H groups in total. The summed E-state index contributed by atoms with van der Waals surface area (Å²) in [6, 6.07) is 3.89. The van der Waals surface area contributed by atoms with Crippen molar-refractivity contribution < 1.29 is 12.4 Å². The molecule has 42 valence electrons. The van der Waals surface area contributed by atoms with Crippen molar-refractivity contribution in [2.45, 2.75) is 0 Å². The van der Waals surface area contributed by atoms with Crippen molar-refractivity contribution in [3.63, 3.8) is 0 Å². The van der Waals surface area contributed by atoms with Gasteiger partial charge in [-0.2, -0.15) is 0 Å². The lowest BCUT2D eigenvalue weighted by atomic mass is 10.7. The fourth-order valence-corrected chi connectivity index (χ4v) is 0.278. The van der Waals surface area contributed by atoms with Crippen molar-refractivity contribution in [2.24, 2.45) is 0 Å². The molecule has 0 aliphatic rings. The van der Waals surface area contributed by atoms with E-state index in [4.69, 9.17) is 0 Å². The summed E-state index contributed by atoms with van der Waals surface area (Å²) in [5.41, 5.74) is 0. The second-order valence-corrected chi connectivity index (χ2v) is 0.885. The molecular weight excluding hydrogens is 112 g/mol. The molecule has 7 heavy (non-hydrogen) atoms. The minimum Gasteiger partial charge on any atom is -0.368 e. The summed E-state index contributed by atoms with van der Waals surface area (Å²) < 4.78 is 0. The van der Waals surface area contributed by atoms with Crippen molar-refractivity contribution in [2.75, 3.05) is 0 Å². The predicted octanol–water partition coefficient (Wildman–Crippen LogP) is 0.641. The fourth-order valence-electron chi connectivity index (χ4n) is 0.278. The lowest BCUT2D eigenvalue weighted by Gasteiger charge is -1.49. The van der Waals surface area contributed by atoms with E-state index in [0.717, 1.165) is 0 Å². The number of aromatic nitrogens is 1. The molecule has 0 spiro atoms. The Kier molecular flexibility index (Phi) is 7.69. The van der Waals surface area contributed by atoms with Gasteiger partial charge < -0.3 is 11.1 Å². The highest BCUT2D eigenvalue weighted by atomic mass is 35.5. The third-order valence-electron chi connectivity index (χ3n) is 0.496. The second kappa shape index (κ2) is 5.53. The Morgan fingerprint density at radius 1 is 1.00 bits per heavy atom. The number of aromatic amines is 1. The van der Waals surface area contributed by atoms with Crippen molar-refractivity contribution >= 4 is 0 Å². The first-order valence-corrected chi connectivity index (χ1v) is 1.58. The Bertz CT molecular complexity index is 66.2. The van der Waals surface area contributed by atoms with Crippen molar-refractivity contribution in [3.8, 4) is 0 Å². The molecule has 0 saturated heterocycles. The number of hydrogen-bond acceptors (Lipinski definition) is 1. The molecule has 1 heterocycles. The number of hydrogen-bond donors (Lipinski definition) is 2. The number of H-pyrrole nitrogens is 1. The normalized spacial score (nSPS) is 5.71. The van der Waals surface area contributed by atoms with Gasteiger partial charge in [0.2, 0.25) is 0 Å². The van der Waals surface area contributed by atoms with Crippen LogP contribution in [0.3, 0.4) is 0 Å². The molecule has 1 aromatic heterocycles. The molecule has 0 bridgehead atoms. The lowest BCUT2D eigenvalue weighted by Crippen LogP contribution is -1.38. The molecule has 1 rings (SSSR count). The van der Waals surface area contributed by atoms with Gasteiger partial charge in [0.15, 0.2) is 0 Å². The fraction of sp³-hybridized carbons (Fsp3) is 0. The standard InChI is InChI=1S/C4H5N.ClH2.H3N/c1-2-4-5-3-1;;/h1-5H;1H2;1H3/q;+1;. The highest BCUT2D eigenvalue weighted by Gasteiger charge is 1.55. The van der Waals surface area contributed by atoms with Gasteiger partial charge in [-0.15, -0.1) is 0 Å². The molecule has 0 atom stereocenters. The summed E-state index contributed by atoms with van der Waals surface area (Å²) >= 11 is 0. The van der Waals surface area contributed by atoms with Crippen LogP contribution < -0.4 is 6.15 Å². The van der Waals surface area contributed by atoms with Crippen LogP contribution in [0.4, 0.5) is 0 Å². The van der Waals surface area contributed by atoms with E-state index in [9.17, 15) is 0 Å². The van der Waals surface area contributed by atoms with Gasteiger partial charge in [0.1, 0.15) is 0 Å². The van der Waals surface area contributed by atoms with Gasteiger partial charge in [0.05, 0.1) is 12.4 Å². The molecule has 0 aromatic carbocycles. The first-order valence-electron chi connectivity index (χ1n) is 1.58. The summed E-state index contributed by atoms with van der Waals surface area (Å²) in [6.07, 6.45) is 3.75. The van der Waals surface area contributed by atoms with Gasteiger partial charge in [-0.1, -0.05) is 0 Å². The third kappa shape index (κ3) is 3.36. The molecule has 0 fully saturated rings. The van der Waals surface area contributed by atoms with Crippen LogP contribution in [-0.4, -0.2) is 4.98 Å². The Morgan fingerprint density at radius 3 is 1.57 bits per heavy atom. The van der Waals surface area contributed by atoms with Crippen LogP contribution in [-0.2, 0) is 0 Å². The van der Waals surface area contributed by atoms with Gasteiger partial charge in [0, 0.05) is 12.4 Å². The first kappa shape index (κ1) is 9.73. The van der Waals surface area contributed by atoms with Crippen LogP contribution in [0.15, 0.2) is 24.5 Å². The topological polar surface area (TPSA) is 50.8 Å². The van der Waals surface area contributed by atoms with E-state index in [1.165, 1.54) is 0 Å². The average Bonchev–Trinajstić information content (AvgIpc) is 1.76. The minimum absolute atomic E-state index is 0. The smallest absolute Gasteiger partial charge is 0.0903 e. The summed E-state index contributed by atoms with van der Waals surface area (Å²) in [4.78, 5) is 2.86. The van der Waals surface area contributed by atoms with Crippen LogP contribution in [0.25, 0.3) is 0 Å². The molecule has 1 aromatic rings. The van der Waals surface area contributed by atoms with E-state index in [2.05, 4.69) is 4.98 Å². The van der Waals surface area contributed by atoms with Gasteiger partial charge in [-0.3, -0.25) is 0 Å². The number of halogens is 1. The number of nitrogens with one attached hydrogen (secondary N) is 1. The van der Waals surface area contributed by atoms with Crippen LogP contribution >= 0.6 is 0 Å².